The highest BCUT2D eigenvalue weighted by Gasteiger charge is 2.32. The second-order valence-corrected chi connectivity index (χ2v) is 13.1. The van der Waals surface area contributed by atoms with E-state index in [1.807, 2.05) is 52.8 Å². The maximum absolute atomic E-state index is 12.6. The molecular formula is C29H43NO5S. The minimum Gasteiger partial charge on any atom is -0.491 e. The van der Waals surface area contributed by atoms with E-state index in [2.05, 4.69) is 37.4 Å². The van der Waals surface area contributed by atoms with Crippen LogP contribution < -0.4 is 10.1 Å². The molecule has 0 aliphatic heterocycles. The molecule has 0 radical (unpaired) electrons. The van der Waals surface area contributed by atoms with Crippen LogP contribution in [0.4, 0.5) is 0 Å². The highest BCUT2D eigenvalue weighted by atomic mass is 32.2. The first kappa shape index (κ1) is 29.8. The van der Waals surface area contributed by atoms with Crippen LogP contribution in [0.25, 0.3) is 0 Å². The van der Waals surface area contributed by atoms with Crippen molar-refractivity contribution < 1.29 is 23.1 Å². The van der Waals surface area contributed by atoms with Crippen LogP contribution in [0, 0.1) is 19.3 Å². The average molecular weight is 518 g/mol. The number of amides is 1. The summed E-state index contributed by atoms with van der Waals surface area (Å²) in [6.45, 7) is 14.6. The number of hydrogen-bond acceptors (Lipinski definition) is 5. The molecule has 36 heavy (non-hydrogen) atoms. The van der Waals surface area contributed by atoms with Crippen molar-refractivity contribution in [1.29, 1.82) is 0 Å². The molecule has 0 aromatic heterocycles. The topological polar surface area (TPSA) is 92.7 Å². The highest BCUT2D eigenvalue weighted by molar-refractivity contribution is 7.90. The molecule has 2 rings (SSSR count). The summed E-state index contributed by atoms with van der Waals surface area (Å²) >= 11 is 0. The van der Waals surface area contributed by atoms with Gasteiger partial charge >= 0.3 is 0 Å². The molecule has 200 valence electrons. The number of benzene rings is 2. The Hall–Kier alpha value is -2.38. The van der Waals surface area contributed by atoms with Gasteiger partial charge in [0.15, 0.2) is 0 Å². The van der Waals surface area contributed by atoms with E-state index in [1.165, 1.54) is 5.56 Å². The molecule has 1 atom stereocenters. The summed E-state index contributed by atoms with van der Waals surface area (Å²) in [7, 11) is -3.13. The van der Waals surface area contributed by atoms with Crippen LogP contribution >= 0.6 is 0 Å². The normalized spacial score (nSPS) is 13.4. The monoisotopic (exact) mass is 517 g/mol. The summed E-state index contributed by atoms with van der Waals surface area (Å²) in [5.41, 5.74) is 4.24. The van der Waals surface area contributed by atoms with Gasteiger partial charge in [0.25, 0.3) is 5.91 Å². The van der Waals surface area contributed by atoms with Gasteiger partial charge in [0.05, 0.1) is 11.9 Å². The lowest BCUT2D eigenvalue weighted by atomic mass is 9.70. The molecule has 0 unspecified atom stereocenters. The minimum absolute atomic E-state index is 0.0844. The van der Waals surface area contributed by atoms with Crippen molar-refractivity contribution in [1.82, 2.24) is 5.32 Å². The fourth-order valence-corrected chi connectivity index (χ4v) is 4.90. The number of sulfone groups is 1. The molecule has 1 amide bonds. The van der Waals surface area contributed by atoms with E-state index >= 15 is 0 Å². The van der Waals surface area contributed by atoms with Crippen molar-refractivity contribution in [2.45, 2.75) is 72.8 Å². The fraction of sp³-hybridized carbons (Fsp3) is 0.552. The predicted molar refractivity (Wildman–Crippen MR) is 147 cm³/mol. The third-order valence-corrected chi connectivity index (χ3v) is 8.06. The van der Waals surface area contributed by atoms with Gasteiger partial charge in [-0.25, -0.2) is 8.42 Å². The number of carbonyl (C=O) groups excluding carboxylic acids is 1. The Morgan fingerprint density at radius 1 is 1.00 bits per heavy atom. The van der Waals surface area contributed by atoms with E-state index in [0.29, 0.717) is 5.56 Å². The standard InChI is InChI=1S/C29H43NO5S/c1-9-29(10-2,23-12-14-25(21(4)18-23)35-19-26(31)28(5,6)7)22-11-13-24(20(3)17-22)27(32)30-15-16-36(8,33)34/h11-14,17-18,26,31H,9-10,15-16,19H2,1-8H3,(H,30,32)/t26-/m1/s1. The SMILES string of the molecule is CCC(CC)(c1ccc(OC[C@@H](O)C(C)(C)C)c(C)c1)c1ccc(C(=O)NCCS(C)(=O)=O)c(C)c1. The number of aliphatic hydroxyl groups is 1. The average Bonchev–Trinajstić information content (AvgIpc) is 2.78. The first-order valence-corrected chi connectivity index (χ1v) is 14.7. The molecule has 6 nitrogen and oxygen atoms in total. The first-order valence-electron chi connectivity index (χ1n) is 12.6. The molecule has 2 aromatic carbocycles. The number of hydrogen-bond donors (Lipinski definition) is 2. The van der Waals surface area contributed by atoms with Crippen LogP contribution in [0.3, 0.4) is 0 Å². The summed E-state index contributed by atoms with van der Waals surface area (Å²) in [5.74, 6) is 0.412. The summed E-state index contributed by atoms with van der Waals surface area (Å²) < 4.78 is 28.7. The molecule has 2 N–H and O–H groups in total. The smallest absolute Gasteiger partial charge is 0.251 e. The van der Waals surface area contributed by atoms with Crippen molar-refractivity contribution in [3.8, 4) is 5.75 Å². The van der Waals surface area contributed by atoms with Crippen LogP contribution in [-0.4, -0.2) is 50.7 Å². The summed E-state index contributed by atoms with van der Waals surface area (Å²) in [6, 6.07) is 12.1. The lowest BCUT2D eigenvalue weighted by Gasteiger charge is -2.34. The predicted octanol–water partition coefficient (Wildman–Crippen LogP) is 4.97. The van der Waals surface area contributed by atoms with E-state index in [-0.39, 0.29) is 35.6 Å². The number of nitrogens with one attached hydrogen (secondary N) is 1. The Balaban J connectivity index is 2.31. The van der Waals surface area contributed by atoms with Crippen LogP contribution in [0.2, 0.25) is 0 Å². The lowest BCUT2D eigenvalue weighted by molar-refractivity contribution is 0.0216. The third kappa shape index (κ3) is 7.32. The maximum atomic E-state index is 12.6. The van der Waals surface area contributed by atoms with Gasteiger partial charge in [0.2, 0.25) is 0 Å². The minimum atomic E-state index is -3.13. The van der Waals surface area contributed by atoms with E-state index in [9.17, 15) is 18.3 Å². The second-order valence-electron chi connectivity index (χ2n) is 10.9. The molecule has 7 heteroatoms. The van der Waals surface area contributed by atoms with E-state index in [1.54, 1.807) is 0 Å². The van der Waals surface area contributed by atoms with Crippen LogP contribution in [0.1, 0.15) is 80.1 Å². The molecule has 0 aliphatic carbocycles. The van der Waals surface area contributed by atoms with Gasteiger partial charge in [-0.2, -0.15) is 0 Å². The summed E-state index contributed by atoms with van der Waals surface area (Å²) in [5, 5.41) is 13.0. The molecule has 0 spiro atoms. The molecule has 2 aromatic rings. The molecule has 0 saturated carbocycles. The summed E-state index contributed by atoms with van der Waals surface area (Å²) in [6.07, 6.45) is 2.35. The van der Waals surface area contributed by atoms with E-state index < -0.39 is 15.9 Å². The van der Waals surface area contributed by atoms with Crippen molar-refractivity contribution >= 4 is 15.7 Å². The zero-order valence-electron chi connectivity index (χ0n) is 23.1. The van der Waals surface area contributed by atoms with Crippen LogP contribution in [0.15, 0.2) is 36.4 Å². The van der Waals surface area contributed by atoms with E-state index in [4.69, 9.17) is 4.74 Å². The Morgan fingerprint density at radius 2 is 1.56 bits per heavy atom. The molecule has 0 saturated heterocycles. The Bertz CT molecular complexity index is 1160. The van der Waals surface area contributed by atoms with Gasteiger partial charge in [0.1, 0.15) is 22.2 Å². The van der Waals surface area contributed by atoms with Gasteiger partial charge in [-0.1, -0.05) is 58.9 Å². The number of aryl methyl sites for hydroxylation is 2. The first-order chi connectivity index (χ1) is 16.6. The maximum Gasteiger partial charge on any atom is 0.251 e. The Labute approximate surface area is 217 Å². The van der Waals surface area contributed by atoms with Crippen molar-refractivity contribution in [2.24, 2.45) is 5.41 Å². The van der Waals surface area contributed by atoms with Gasteiger partial charge < -0.3 is 15.2 Å². The number of ether oxygens (including phenoxy) is 1. The zero-order chi connectivity index (χ0) is 27.3. The van der Waals surface area contributed by atoms with Gasteiger partial charge in [-0.15, -0.1) is 0 Å². The fourth-order valence-electron chi connectivity index (χ4n) is 4.42. The molecule has 0 fully saturated rings. The van der Waals surface area contributed by atoms with Crippen LogP contribution in [-0.2, 0) is 15.3 Å². The van der Waals surface area contributed by atoms with Gasteiger partial charge in [0, 0.05) is 23.8 Å². The Kier molecular flexibility index (Phi) is 9.77. The highest BCUT2D eigenvalue weighted by Crippen LogP contribution is 2.41. The lowest BCUT2D eigenvalue weighted by Crippen LogP contribution is -2.32. The second kappa shape index (κ2) is 11.8. The van der Waals surface area contributed by atoms with E-state index in [0.717, 1.165) is 41.5 Å². The number of aliphatic hydroxyl groups excluding tert-OH is 1. The van der Waals surface area contributed by atoms with Gasteiger partial charge in [-0.3, -0.25) is 4.79 Å². The quantitative estimate of drug-likeness (QED) is 0.439. The Morgan fingerprint density at radius 3 is 2.03 bits per heavy atom. The molecule has 0 heterocycles. The van der Waals surface area contributed by atoms with Crippen molar-refractivity contribution in [3.63, 3.8) is 0 Å². The van der Waals surface area contributed by atoms with Crippen molar-refractivity contribution in [3.05, 3.63) is 64.2 Å². The zero-order valence-corrected chi connectivity index (χ0v) is 23.9. The molecule has 0 bridgehead atoms. The number of rotatable bonds is 11. The summed E-state index contributed by atoms with van der Waals surface area (Å²) in [4.78, 5) is 12.6. The van der Waals surface area contributed by atoms with Gasteiger partial charge in [-0.05, 0) is 66.5 Å². The number of carbonyl (C=O) groups is 1. The largest absolute Gasteiger partial charge is 0.491 e. The molecular weight excluding hydrogens is 474 g/mol. The third-order valence-electron chi connectivity index (χ3n) is 7.11. The van der Waals surface area contributed by atoms with Crippen molar-refractivity contribution in [2.75, 3.05) is 25.2 Å². The molecule has 0 aliphatic rings. The van der Waals surface area contributed by atoms with Crippen LogP contribution in [0.5, 0.6) is 5.75 Å².